The fourth-order valence-corrected chi connectivity index (χ4v) is 3.98. The molecule has 2 aliphatic carbocycles. The predicted octanol–water partition coefficient (Wildman–Crippen LogP) is 0.821. The van der Waals surface area contributed by atoms with Crippen molar-refractivity contribution < 1.29 is 9.59 Å². The molecule has 5 nitrogen and oxygen atoms in total. The van der Waals surface area contributed by atoms with Gasteiger partial charge in [0, 0.05) is 46.2 Å². The van der Waals surface area contributed by atoms with Crippen molar-refractivity contribution in [3.05, 3.63) is 12.2 Å². The van der Waals surface area contributed by atoms with Gasteiger partial charge in [0.2, 0.25) is 11.8 Å². The highest BCUT2D eigenvalue weighted by Gasteiger charge is 2.41. The summed E-state index contributed by atoms with van der Waals surface area (Å²) in [6, 6.07) is 0. The lowest BCUT2D eigenvalue weighted by atomic mass is 9.92. The molecule has 0 aromatic heterocycles. The molecule has 3 atom stereocenters. The lowest BCUT2D eigenvalue weighted by Gasteiger charge is -2.27. The maximum absolute atomic E-state index is 12.8. The zero-order valence-corrected chi connectivity index (χ0v) is 13.7. The van der Waals surface area contributed by atoms with E-state index in [2.05, 4.69) is 17.1 Å². The summed E-state index contributed by atoms with van der Waals surface area (Å²) in [5.74, 6) is 1.81. The molecular weight excluding hydrogens is 278 g/mol. The minimum Gasteiger partial charge on any atom is -0.348 e. The molecule has 3 aliphatic rings. The molecule has 1 saturated heterocycles. The summed E-state index contributed by atoms with van der Waals surface area (Å²) >= 11 is 0. The van der Waals surface area contributed by atoms with Crippen LogP contribution in [0.2, 0.25) is 0 Å². The fraction of sp³-hybridized carbons (Fsp3) is 0.765. The van der Waals surface area contributed by atoms with Crippen molar-refractivity contribution >= 4 is 11.8 Å². The third kappa shape index (κ3) is 3.19. The van der Waals surface area contributed by atoms with Crippen LogP contribution in [-0.4, -0.2) is 73.3 Å². The number of likely N-dealkylation sites (N-methyl/N-ethyl adjacent to an activating group) is 1. The van der Waals surface area contributed by atoms with Crippen molar-refractivity contribution in [3.63, 3.8) is 0 Å². The molecule has 122 valence electrons. The monoisotopic (exact) mass is 305 g/mol. The van der Waals surface area contributed by atoms with Crippen molar-refractivity contribution in [2.75, 3.05) is 46.8 Å². The van der Waals surface area contributed by atoms with Gasteiger partial charge in [-0.15, -0.1) is 0 Å². The quantitative estimate of drug-likeness (QED) is 0.725. The van der Waals surface area contributed by atoms with E-state index in [4.69, 9.17) is 0 Å². The summed E-state index contributed by atoms with van der Waals surface area (Å²) in [7, 11) is 3.58. The van der Waals surface area contributed by atoms with Crippen LogP contribution in [0.25, 0.3) is 0 Å². The van der Waals surface area contributed by atoms with E-state index in [9.17, 15) is 9.59 Å². The summed E-state index contributed by atoms with van der Waals surface area (Å²) in [6.07, 6.45) is 7.71. The smallest absolute Gasteiger partial charge is 0.236 e. The average Bonchev–Trinajstić information content (AvgIpc) is 3.05. The Hall–Kier alpha value is -1.36. The standard InChI is InChI=1S/C17H27N3O2/c1-18(2)16(21)12-19-6-3-7-20(9-8-19)17(22)15-11-13-4-5-14(15)10-13/h4-5,13-15H,3,6-12H2,1-2H3/t13-,14+,15-/m1/s1. The molecule has 0 aromatic carbocycles. The van der Waals surface area contributed by atoms with Crippen molar-refractivity contribution in [2.24, 2.45) is 17.8 Å². The van der Waals surface area contributed by atoms with Gasteiger partial charge in [-0.2, -0.15) is 0 Å². The SMILES string of the molecule is CN(C)C(=O)CN1CCCN(C(=O)[C@@H]2C[C@@H]3C=C[C@H]2C3)CC1. The van der Waals surface area contributed by atoms with Gasteiger partial charge in [-0.3, -0.25) is 14.5 Å². The Morgan fingerprint density at radius 2 is 1.91 bits per heavy atom. The van der Waals surface area contributed by atoms with E-state index in [1.54, 1.807) is 19.0 Å². The molecule has 0 radical (unpaired) electrons. The molecule has 2 amide bonds. The number of rotatable bonds is 3. The first-order valence-corrected chi connectivity index (χ1v) is 8.44. The molecule has 5 heteroatoms. The number of allylic oxidation sites excluding steroid dienone is 2. The van der Waals surface area contributed by atoms with Crippen molar-refractivity contribution in [1.29, 1.82) is 0 Å². The maximum Gasteiger partial charge on any atom is 0.236 e. The molecular formula is C17H27N3O2. The van der Waals surface area contributed by atoms with Gasteiger partial charge in [0.25, 0.3) is 0 Å². The van der Waals surface area contributed by atoms with Crippen LogP contribution in [0.4, 0.5) is 0 Å². The van der Waals surface area contributed by atoms with Crippen LogP contribution in [0.1, 0.15) is 19.3 Å². The number of amides is 2. The summed E-state index contributed by atoms with van der Waals surface area (Å²) in [4.78, 5) is 30.5. The zero-order valence-electron chi connectivity index (χ0n) is 13.7. The van der Waals surface area contributed by atoms with E-state index in [0.717, 1.165) is 39.0 Å². The van der Waals surface area contributed by atoms with Crippen LogP contribution in [0.5, 0.6) is 0 Å². The number of carbonyl (C=O) groups excluding carboxylic acids is 2. The number of hydrogen-bond acceptors (Lipinski definition) is 3. The maximum atomic E-state index is 12.8. The second kappa shape index (κ2) is 6.41. The summed E-state index contributed by atoms with van der Waals surface area (Å²) in [5.41, 5.74) is 0. The molecule has 0 unspecified atom stereocenters. The van der Waals surface area contributed by atoms with Gasteiger partial charge >= 0.3 is 0 Å². The van der Waals surface area contributed by atoms with E-state index in [1.807, 2.05) is 4.90 Å². The number of hydrogen-bond donors (Lipinski definition) is 0. The van der Waals surface area contributed by atoms with E-state index >= 15 is 0 Å². The normalized spacial score (nSPS) is 31.4. The molecule has 0 aromatic rings. The van der Waals surface area contributed by atoms with Crippen LogP contribution in [0.3, 0.4) is 0 Å². The molecule has 1 aliphatic heterocycles. The Morgan fingerprint density at radius 3 is 2.55 bits per heavy atom. The topological polar surface area (TPSA) is 43.9 Å². The highest BCUT2D eigenvalue weighted by Crippen LogP contribution is 2.44. The van der Waals surface area contributed by atoms with E-state index in [1.165, 1.54) is 6.42 Å². The van der Waals surface area contributed by atoms with Gasteiger partial charge in [-0.25, -0.2) is 0 Å². The van der Waals surface area contributed by atoms with Crippen molar-refractivity contribution in [2.45, 2.75) is 19.3 Å². The third-order valence-electron chi connectivity index (χ3n) is 5.35. The van der Waals surface area contributed by atoms with Crippen LogP contribution >= 0.6 is 0 Å². The Morgan fingerprint density at radius 1 is 1.09 bits per heavy atom. The second-order valence-corrected chi connectivity index (χ2v) is 7.13. The first-order valence-electron chi connectivity index (χ1n) is 8.44. The van der Waals surface area contributed by atoms with Gasteiger partial charge in [-0.1, -0.05) is 12.2 Å². The Labute approximate surface area is 132 Å². The van der Waals surface area contributed by atoms with Crippen LogP contribution in [-0.2, 0) is 9.59 Å². The molecule has 3 rings (SSSR count). The first-order chi connectivity index (χ1) is 10.5. The van der Waals surface area contributed by atoms with Crippen molar-refractivity contribution in [1.82, 2.24) is 14.7 Å². The fourth-order valence-electron chi connectivity index (χ4n) is 3.98. The molecule has 22 heavy (non-hydrogen) atoms. The number of fused-ring (bicyclic) bond motifs is 2. The highest BCUT2D eigenvalue weighted by atomic mass is 16.2. The number of carbonyl (C=O) groups is 2. The third-order valence-corrected chi connectivity index (χ3v) is 5.35. The van der Waals surface area contributed by atoms with Crippen LogP contribution in [0.15, 0.2) is 12.2 Å². The average molecular weight is 305 g/mol. The Kier molecular flexibility index (Phi) is 4.52. The first kappa shape index (κ1) is 15.5. The summed E-state index contributed by atoms with van der Waals surface area (Å²) < 4.78 is 0. The van der Waals surface area contributed by atoms with E-state index in [0.29, 0.717) is 24.3 Å². The lowest BCUT2D eigenvalue weighted by molar-refractivity contribution is -0.136. The minimum absolute atomic E-state index is 0.137. The molecule has 0 spiro atoms. The summed E-state index contributed by atoms with van der Waals surface area (Å²) in [5, 5.41) is 0. The number of nitrogens with zero attached hydrogens (tertiary/aromatic N) is 3. The molecule has 1 saturated carbocycles. The minimum atomic E-state index is 0.137. The lowest BCUT2D eigenvalue weighted by Crippen LogP contribution is -2.41. The molecule has 1 heterocycles. The van der Waals surface area contributed by atoms with Gasteiger partial charge in [-0.05, 0) is 31.1 Å². The van der Waals surface area contributed by atoms with E-state index in [-0.39, 0.29) is 11.8 Å². The van der Waals surface area contributed by atoms with Gasteiger partial charge < -0.3 is 9.80 Å². The van der Waals surface area contributed by atoms with Gasteiger partial charge in [0.05, 0.1) is 6.54 Å². The van der Waals surface area contributed by atoms with Gasteiger partial charge in [0.1, 0.15) is 0 Å². The summed E-state index contributed by atoms with van der Waals surface area (Å²) in [6.45, 7) is 3.77. The zero-order chi connectivity index (χ0) is 15.7. The highest BCUT2D eigenvalue weighted by molar-refractivity contribution is 5.80. The molecule has 2 fully saturated rings. The largest absolute Gasteiger partial charge is 0.348 e. The Balaban J connectivity index is 1.53. The van der Waals surface area contributed by atoms with Gasteiger partial charge in [0.15, 0.2) is 0 Å². The Bertz CT molecular complexity index is 475. The molecule has 0 N–H and O–H groups in total. The molecule has 2 bridgehead atoms. The predicted molar refractivity (Wildman–Crippen MR) is 85.2 cm³/mol. The van der Waals surface area contributed by atoms with Crippen LogP contribution in [0, 0.1) is 17.8 Å². The van der Waals surface area contributed by atoms with E-state index < -0.39 is 0 Å². The van der Waals surface area contributed by atoms with Crippen LogP contribution < -0.4 is 0 Å². The second-order valence-electron chi connectivity index (χ2n) is 7.13. The van der Waals surface area contributed by atoms with Crippen molar-refractivity contribution in [3.8, 4) is 0 Å².